The van der Waals surface area contributed by atoms with Crippen molar-refractivity contribution < 1.29 is 18.7 Å². The van der Waals surface area contributed by atoms with E-state index in [1.807, 2.05) is 6.07 Å². The van der Waals surface area contributed by atoms with Gasteiger partial charge in [0, 0.05) is 43.8 Å². The number of methoxy groups -OCH3 is 2. The van der Waals surface area contributed by atoms with E-state index in [1.54, 1.807) is 25.6 Å². The van der Waals surface area contributed by atoms with E-state index >= 15 is 0 Å². The molecule has 1 aliphatic heterocycles. The fourth-order valence-corrected chi connectivity index (χ4v) is 5.45. The van der Waals surface area contributed by atoms with Gasteiger partial charge in [-0.25, -0.2) is 9.97 Å². The van der Waals surface area contributed by atoms with Crippen molar-refractivity contribution in [2.24, 2.45) is 0 Å². The molecule has 5 rings (SSSR count). The molecule has 4 aromatic rings. The second kappa shape index (κ2) is 8.73. The molecule has 1 amide bonds. The van der Waals surface area contributed by atoms with E-state index in [1.165, 1.54) is 29.0 Å². The Morgan fingerprint density at radius 2 is 2.00 bits per heavy atom. The van der Waals surface area contributed by atoms with Crippen LogP contribution >= 0.6 is 11.3 Å². The number of nitrogens with zero attached hydrogens (tertiary/aromatic N) is 4. The minimum absolute atomic E-state index is 0.0837. The number of carbonyl (C=O) groups is 1. The Bertz CT molecular complexity index is 1380. The Morgan fingerprint density at radius 3 is 2.71 bits per heavy atom. The summed E-state index contributed by atoms with van der Waals surface area (Å²) in [7, 11) is 2.90. The summed E-state index contributed by atoms with van der Waals surface area (Å²) in [6, 6.07) is 4.35. The SMILES string of the molecule is COc1nc2c(C(=O)Nc3cn4ccnc4c(F)c3OC)ccc(N3C[C@H](C)N[C@@H](C)C3)c2s1. The Labute approximate surface area is 199 Å². The van der Waals surface area contributed by atoms with Gasteiger partial charge in [0.2, 0.25) is 5.82 Å². The lowest BCUT2D eigenvalue weighted by Gasteiger charge is -2.37. The third-order valence-corrected chi connectivity index (χ3v) is 6.89. The second-order valence-electron chi connectivity index (χ2n) is 8.37. The molecule has 1 aromatic carbocycles. The summed E-state index contributed by atoms with van der Waals surface area (Å²) < 4.78 is 27.8. The summed E-state index contributed by atoms with van der Waals surface area (Å²) in [4.78, 5) is 24.2. The smallest absolute Gasteiger partial charge is 0.274 e. The summed E-state index contributed by atoms with van der Waals surface area (Å²) in [6.45, 7) is 5.98. The molecule has 9 nitrogen and oxygen atoms in total. The lowest BCUT2D eigenvalue weighted by atomic mass is 10.1. The number of halogens is 1. The first kappa shape index (κ1) is 22.4. The number of pyridine rings is 1. The van der Waals surface area contributed by atoms with E-state index in [4.69, 9.17) is 9.47 Å². The highest BCUT2D eigenvalue weighted by Crippen LogP contribution is 2.38. The average molecular weight is 485 g/mol. The van der Waals surface area contributed by atoms with Crippen molar-refractivity contribution in [2.45, 2.75) is 25.9 Å². The van der Waals surface area contributed by atoms with Gasteiger partial charge in [-0.3, -0.25) is 4.79 Å². The monoisotopic (exact) mass is 484 g/mol. The maximum atomic E-state index is 14.8. The van der Waals surface area contributed by atoms with Crippen LogP contribution in [0, 0.1) is 5.82 Å². The molecule has 178 valence electrons. The number of nitrogens with one attached hydrogen (secondary N) is 2. The van der Waals surface area contributed by atoms with Crippen LogP contribution in [-0.2, 0) is 0 Å². The van der Waals surface area contributed by atoms with Crippen LogP contribution in [0.1, 0.15) is 24.2 Å². The summed E-state index contributed by atoms with van der Waals surface area (Å²) in [5.41, 5.74) is 2.22. The maximum absolute atomic E-state index is 14.8. The molecule has 0 saturated carbocycles. The van der Waals surface area contributed by atoms with E-state index in [0.29, 0.717) is 28.4 Å². The lowest BCUT2D eigenvalue weighted by molar-refractivity contribution is 0.102. The summed E-state index contributed by atoms with van der Waals surface area (Å²) >= 11 is 1.40. The number of imidazole rings is 1. The number of hydrogen-bond donors (Lipinski definition) is 2. The summed E-state index contributed by atoms with van der Waals surface area (Å²) in [5, 5.41) is 6.78. The Balaban J connectivity index is 1.55. The third-order valence-electron chi connectivity index (χ3n) is 5.85. The number of aromatic nitrogens is 3. The molecular formula is C23H25FN6O3S. The minimum atomic E-state index is -0.650. The topological polar surface area (TPSA) is 93.0 Å². The molecule has 3 aromatic heterocycles. The van der Waals surface area contributed by atoms with Crippen molar-refractivity contribution in [1.29, 1.82) is 0 Å². The molecule has 0 bridgehead atoms. The molecule has 0 spiro atoms. The highest BCUT2D eigenvalue weighted by atomic mass is 32.1. The van der Waals surface area contributed by atoms with Crippen molar-refractivity contribution >= 4 is 44.5 Å². The zero-order valence-corrected chi connectivity index (χ0v) is 20.1. The zero-order chi connectivity index (χ0) is 24.0. The van der Waals surface area contributed by atoms with E-state index < -0.39 is 11.7 Å². The molecule has 0 unspecified atom stereocenters. The molecule has 1 aliphatic rings. The van der Waals surface area contributed by atoms with Gasteiger partial charge in [-0.05, 0) is 26.0 Å². The van der Waals surface area contributed by atoms with Crippen molar-refractivity contribution in [3.05, 3.63) is 42.1 Å². The van der Waals surface area contributed by atoms with E-state index in [2.05, 4.69) is 39.3 Å². The molecule has 4 heterocycles. The summed E-state index contributed by atoms with van der Waals surface area (Å²) in [5.74, 6) is -1.16. The standard InChI is InChI=1S/C23H25FN6O3S/c1-12-9-30(10-13(2)26-12)16-6-5-14(18-20(16)34-23(28-18)33-4)22(31)27-15-11-29-8-7-25-21(29)17(24)19(15)32-3/h5-8,11-13,26H,9-10H2,1-4H3,(H,27,31)/t12-,13-/m0/s1. The van der Waals surface area contributed by atoms with Crippen LogP contribution in [-0.4, -0.2) is 59.7 Å². The zero-order valence-electron chi connectivity index (χ0n) is 19.3. The average Bonchev–Trinajstić information content (AvgIpc) is 3.45. The van der Waals surface area contributed by atoms with Crippen LogP contribution in [0.2, 0.25) is 0 Å². The largest absolute Gasteiger partial charge is 0.491 e. The van der Waals surface area contributed by atoms with Gasteiger partial charge < -0.3 is 29.4 Å². The van der Waals surface area contributed by atoms with Crippen molar-refractivity contribution in [2.75, 3.05) is 37.5 Å². The third kappa shape index (κ3) is 3.80. The van der Waals surface area contributed by atoms with Crippen LogP contribution in [0.25, 0.3) is 15.9 Å². The second-order valence-corrected chi connectivity index (χ2v) is 9.33. The lowest BCUT2D eigenvalue weighted by Crippen LogP contribution is -2.54. The first-order valence-electron chi connectivity index (χ1n) is 10.9. The van der Waals surface area contributed by atoms with Gasteiger partial charge >= 0.3 is 0 Å². The molecule has 1 saturated heterocycles. The van der Waals surface area contributed by atoms with Crippen LogP contribution in [0.3, 0.4) is 0 Å². The molecule has 0 radical (unpaired) electrons. The number of anilines is 2. The number of rotatable bonds is 5. The summed E-state index contributed by atoms with van der Waals surface area (Å²) in [6.07, 6.45) is 4.64. The van der Waals surface area contributed by atoms with Crippen LogP contribution in [0.4, 0.5) is 15.8 Å². The number of benzene rings is 1. The molecule has 2 N–H and O–H groups in total. The van der Waals surface area contributed by atoms with Gasteiger partial charge in [0.25, 0.3) is 11.1 Å². The van der Waals surface area contributed by atoms with Crippen LogP contribution < -0.4 is 25.0 Å². The van der Waals surface area contributed by atoms with E-state index in [9.17, 15) is 9.18 Å². The number of carbonyl (C=O) groups excluding carboxylic acids is 1. The highest BCUT2D eigenvalue weighted by molar-refractivity contribution is 7.21. The number of amides is 1. The Kier molecular flexibility index (Phi) is 5.74. The Morgan fingerprint density at radius 1 is 1.24 bits per heavy atom. The fourth-order valence-electron chi connectivity index (χ4n) is 4.50. The van der Waals surface area contributed by atoms with Crippen molar-refractivity contribution in [1.82, 2.24) is 19.7 Å². The Hall–Kier alpha value is -3.44. The molecule has 34 heavy (non-hydrogen) atoms. The van der Waals surface area contributed by atoms with Crippen LogP contribution in [0.5, 0.6) is 10.9 Å². The number of thiazole rings is 1. The van der Waals surface area contributed by atoms with Crippen LogP contribution in [0.15, 0.2) is 30.7 Å². The first-order valence-corrected chi connectivity index (χ1v) is 11.7. The van der Waals surface area contributed by atoms with Crippen molar-refractivity contribution in [3.63, 3.8) is 0 Å². The van der Waals surface area contributed by atoms with Gasteiger partial charge in [0.05, 0.1) is 30.2 Å². The van der Waals surface area contributed by atoms with Gasteiger partial charge in [0.15, 0.2) is 11.4 Å². The van der Waals surface area contributed by atoms with Gasteiger partial charge in [-0.2, -0.15) is 4.39 Å². The molecule has 1 fully saturated rings. The highest BCUT2D eigenvalue weighted by Gasteiger charge is 2.26. The molecule has 2 atom stereocenters. The van der Waals surface area contributed by atoms with Crippen molar-refractivity contribution in [3.8, 4) is 10.9 Å². The minimum Gasteiger partial charge on any atom is -0.491 e. The first-order chi connectivity index (χ1) is 16.4. The normalized spacial score (nSPS) is 18.4. The number of piperazine rings is 1. The number of ether oxygens (including phenoxy) is 2. The maximum Gasteiger partial charge on any atom is 0.274 e. The predicted molar refractivity (Wildman–Crippen MR) is 130 cm³/mol. The van der Waals surface area contributed by atoms with Gasteiger partial charge in [-0.1, -0.05) is 11.3 Å². The predicted octanol–water partition coefficient (Wildman–Crippen LogP) is 3.54. The number of fused-ring (bicyclic) bond motifs is 2. The van der Waals surface area contributed by atoms with E-state index in [0.717, 1.165) is 23.5 Å². The molecular weight excluding hydrogens is 459 g/mol. The van der Waals surface area contributed by atoms with E-state index in [-0.39, 0.29) is 17.1 Å². The van der Waals surface area contributed by atoms with Gasteiger partial charge in [0.1, 0.15) is 11.2 Å². The fraction of sp³-hybridized carbons (Fsp3) is 0.348. The quantitative estimate of drug-likeness (QED) is 0.448. The molecule has 11 heteroatoms. The van der Waals surface area contributed by atoms with Gasteiger partial charge in [-0.15, -0.1) is 0 Å². The number of hydrogen-bond acceptors (Lipinski definition) is 8. The molecule has 0 aliphatic carbocycles.